The summed E-state index contributed by atoms with van der Waals surface area (Å²) in [5.41, 5.74) is 0.431. The number of anilines is 2. The highest BCUT2D eigenvalue weighted by Gasteiger charge is 2.35. The normalized spacial score (nSPS) is 13.8. The fourth-order valence-electron chi connectivity index (χ4n) is 2.49. The molecule has 1 heterocycles. The average molecular weight is 389 g/mol. The Bertz CT molecular complexity index is 897. The molecule has 1 aliphatic rings. The summed E-state index contributed by atoms with van der Waals surface area (Å²) in [7, 11) is -8.09. The van der Waals surface area contributed by atoms with E-state index in [1.807, 2.05) is 0 Å². The number of rotatable bonds is 7. The molecule has 2 N–H and O–H groups in total. The van der Waals surface area contributed by atoms with Gasteiger partial charge in [0.05, 0.1) is 27.8 Å². The number of hydrogen-bond acceptors (Lipinski definition) is 8. The molecule has 0 atom stereocenters. The Hall–Kier alpha value is -2.14. The van der Waals surface area contributed by atoms with Crippen molar-refractivity contribution in [1.29, 1.82) is 0 Å². The molecule has 0 spiro atoms. The van der Waals surface area contributed by atoms with Gasteiger partial charge in [-0.25, -0.2) is 16.8 Å². The molecule has 11 heteroatoms. The second-order valence-electron chi connectivity index (χ2n) is 5.54. The molecule has 9 nitrogen and oxygen atoms in total. The van der Waals surface area contributed by atoms with Crippen LogP contribution in [0.1, 0.15) is 26.7 Å². The van der Waals surface area contributed by atoms with Crippen LogP contribution in [0.3, 0.4) is 0 Å². The highest BCUT2D eigenvalue weighted by Crippen LogP contribution is 2.36. The van der Waals surface area contributed by atoms with E-state index in [0.717, 1.165) is 0 Å². The van der Waals surface area contributed by atoms with Gasteiger partial charge in [0.2, 0.25) is 0 Å². The monoisotopic (exact) mass is 389 g/mol. The Morgan fingerprint density at radius 3 is 2.00 bits per heavy atom. The second-order valence-corrected chi connectivity index (χ2v) is 9.89. The van der Waals surface area contributed by atoms with E-state index in [1.165, 1.54) is 18.2 Å². The van der Waals surface area contributed by atoms with Crippen LogP contribution in [0.4, 0.5) is 17.1 Å². The SMILES string of the molecule is CCCS(=O)(=O)C(=C1Nc2ccc([N+](=O)[O-])cc2N1)S(=O)(=O)CCC. The van der Waals surface area contributed by atoms with Crippen LogP contribution < -0.4 is 10.6 Å². The van der Waals surface area contributed by atoms with Crippen molar-refractivity contribution in [2.24, 2.45) is 0 Å². The average Bonchev–Trinajstić information content (AvgIpc) is 2.87. The van der Waals surface area contributed by atoms with E-state index in [1.54, 1.807) is 13.8 Å². The zero-order valence-corrected chi connectivity index (χ0v) is 15.4. The summed E-state index contributed by atoms with van der Waals surface area (Å²) in [5.74, 6) is -0.805. The number of nitro groups is 1. The largest absolute Gasteiger partial charge is 0.338 e. The first kappa shape index (κ1) is 19.2. The lowest BCUT2D eigenvalue weighted by atomic mass is 10.2. The van der Waals surface area contributed by atoms with Gasteiger partial charge in [-0.05, 0) is 18.9 Å². The summed E-state index contributed by atoms with van der Waals surface area (Å²) in [6.07, 6.45) is 0.526. The van der Waals surface area contributed by atoms with Crippen LogP contribution in [0.15, 0.2) is 28.3 Å². The smallest absolute Gasteiger partial charge is 0.271 e. The van der Waals surface area contributed by atoms with Gasteiger partial charge < -0.3 is 10.6 Å². The van der Waals surface area contributed by atoms with E-state index in [2.05, 4.69) is 10.6 Å². The van der Waals surface area contributed by atoms with Crippen LogP contribution >= 0.6 is 0 Å². The quantitative estimate of drug-likeness (QED) is 0.535. The molecule has 0 aliphatic carbocycles. The van der Waals surface area contributed by atoms with E-state index in [9.17, 15) is 26.9 Å². The molecular formula is C14H19N3O6S2. The zero-order valence-electron chi connectivity index (χ0n) is 13.8. The minimum Gasteiger partial charge on any atom is -0.338 e. The number of hydrogen-bond donors (Lipinski definition) is 2. The molecule has 25 heavy (non-hydrogen) atoms. The molecule has 1 aromatic carbocycles. The number of fused-ring (bicyclic) bond motifs is 1. The molecule has 2 rings (SSSR count). The van der Waals surface area contributed by atoms with Crippen molar-refractivity contribution in [3.63, 3.8) is 0 Å². The summed E-state index contributed by atoms with van der Waals surface area (Å²) < 4.78 is 49.5. The first-order valence-electron chi connectivity index (χ1n) is 7.64. The fourth-order valence-corrected chi connectivity index (χ4v) is 6.81. The highest BCUT2D eigenvalue weighted by atomic mass is 32.3. The lowest BCUT2D eigenvalue weighted by Gasteiger charge is -2.12. The maximum Gasteiger partial charge on any atom is 0.271 e. The van der Waals surface area contributed by atoms with Crippen LogP contribution in [0.5, 0.6) is 0 Å². The Morgan fingerprint density at radius 2 is 1.52 bits per heavy atom. The molecule has 1 aliphatic heterocycles. The lowest BCUT2D eigenvalue weighted by Crippen LogP contribution is -2.24. The van der Waals surface area contributed by atoms with Gasteiger partial charge in [-0.2, -0.15) is 0 Å². The maximum absolute atomic E-state index is 12.5. The molecule has 0 bridgehead atoms. The third-order valence-corrected chi connectivity index (χ3v) is 8.40. The summed E-state index contributed by atoms with van der Waals surface area (Å²) in [4.78, 5) is 10.3. The third kappa shape index (κ3) is 3.93. The minimum atomic E-state index is -4.05. The van der Waals surface area contributed by atoms with Crippen molar-refractivity contribution >= 4 is 36.7 Å². The summed E-state index contributed by atoms with van der Waals surface area (Å²) >= 11 is 0. The Balaban J connectivity index is 2.60. The molecule has 138 valence electrons. The first-order valence-corrected chi connectivity index (χ1v) is 10.9. The number of non-ortho nitro benzene ring substituents is 1. The van der Waals surface area contributed by atoms with Crippen molar-refractivity contribution in [2.75, 3.05) is 22.1 Å². The molecule has 0 fully saturated rings. The van der Waals surface area contributed by atoms with Gasteiger partial charge in [0.1, 0.15) is 5.82 Å². The van der Waals surface area contributed by atoms with Crippen LogP contribution in [0.25, 0.3) is 0 Å². The Labute approximate surface area is 146 Å². The van der Waals surface area contributed by atoms with Gasteiger partial charge in [-0.15, -0.1) is 0 Å². The van der Waals surface area contributed by atoms with Gasteiger partial charge in [0, 0.05) is 12.1 Å². The number of nitro benzene ring substituents is 1. The van der Waals surface area contributed by atoms with Gasteiger partial charge in [0.15, 0.2) is 23.9 Å². The van der Waals surface area contributed by atoms with E-state index in [0.29, 0.717) is 5.69 Å². The van der Waals surface area contributed by atoms with Crippen LogP contribution in [0, 0.1) is 10.1 Å². The molecular weight excluding hydrogens is 370 g/mol. The minimum absolute atomic E-state index is 0.183. The molecule has 0 saturated carbocycles. The van der Waals surface area contributed by atoms with Gasteiger partial charge in [0.25, 0.3) is 5.69 Å². The van der Waals surface area contributed by atoms with Crippen molar-refractivity contribution < 1.29 is 21.8 Å². The van der Waals surface area contributed by atoms with Gasteiger partial charge in [-0.1, -0.05) is 13.8 Å². The molecule has 0 saturated heterocycles. The van der Waals surface area contributed by atoms with E-state index < -0.39 is 28.8 Å². The number of nitrogens with one attached hydrogen (secondary N) is 2. The van der Waals surface area contributed by atoms with Crippen molar-refractivity contribution in [1.82, 2.24) is 0 Å². The molecule has 0 amide bonds. The highest BCUT2D eigenvalue weighted by molar-refractivity contribution is 8.14. The van der Waals surface area contributed by atoms with Crippen molar-refractivity contribution in [3.05, 3.63) is 38.4 Å². The van der Waals surface area contributed by atoms with E-state index >= 15 is 0 Å². The van der Waals surface area contributed by atoms with Crippen LogP contribution in [-0.4, -0.2) is 33.3 Å². The first-order chi connectivity index (χ1) is 11.6. The maximum atomic E-state index is 12.5. The standard InChI is InChI=1S/C14H19N3O6S2/c1-3-7-24(20,21)14(25(22,23)8-4-2)13-15-11-6-5-10(17(18)19)9-12(11)16-13/h5-6,9,15-16H,3-4,7-8H2,1-2H3. The number of nitrogens with zero attached hydrogens (tertiary/aromatic N) is 1. The van der Waals surface area contributed by atoms with E-state index in [4.69, 9.17) is 0 Å². The van der Waals surface area contributed by atoms with Crippen LogP contribution in [0.2, 0.25) is 0 Å². The zero-order chi connectivity index (χ0) is 18.8. The second kappa shape index (κ2) is 7.00. The third-order valence-electron chi connectivity index (χ3n) is 3.45. The van der Waals surface area contributed by atoms with Gasteiger partial charge >= 0.3 is 0 Å². The summed E-state index contributed by atoms with van der Waals surface area (Å²) in [5, 5.41) is 16.2. The molecule has 0 unspecified atom stereocenters. The lowest BCUT2D eigenvalue weighted by molar-refractivity contribution is -0.384. The Morgan fingerprint density at radius 1 is 1.00 bits per heavy atom. The van der Waals surface area contributed by atoms with Gasteiger partial charge in [-0.3, -0.25) is 10.1 Å². The van der Waals surface area contributed by atoms with E-state index in [-0.39, 0.29) is 41.5 Å². The Kier molecular flexibility index (Phi) is 5.37. The van der Waals surface area contributed by atoms with Crippen LogP contribution in [-0.2, 0) is 19.7 Å². The predicted molar refractivity (Wildman–Crippen MR) is 95.5 cm³/mol. The van der Waals surface area contributed by atoms with Crippen molar-refractivity contribution in [3.8, 4) is 0 Å². The summed E-state index contributed by atoms with van der Waals surface area (Å²) in [6, 6.07) is 3.85. The topological polar surface area (TPSA) is 135 Å². The fraction of sp³-hybridized carbons (Fsp3) is 0.429. The molecule has 1 aromatic rings. The van der Waals surface area contributed by atoms with Crippen molar-refractivity contribution in [2.45, 2.75) is 26.7 Å². The predicted octanol–water partition coefficient (Wildman–Crippen LogP) is 2.21. The number of sulfone groups is 2. The summed E-state index contributed by atoms with van der Waals surface area (Å²) in [6.45, 7) is 3.28. The number of benzene rings is 1. The molecule has 0 aromatic heterocycles. The molecule has 0 radical (unpaired) electrons.